The first-order chi connectivity index (χ1) is 8.56. The van der Waals surface area contributed by atoms with Crippen molar-refractivity contribution >= 4 is 11.9 Å². The van der Waals surface area contributed by atoms with E-state index < -0.39 is 5.41 Å². The zero-order valence-electron chi connectivity index (χ0n) is 11.4. The van der Waals surface area contributed by atoms with Crippen LogP contribution in [0.15, 0.2) is 0 Å². The molecule has 0 aromatic rings. The van der Waals surface area contributed by atoms with Crippen LogP contribution < -0.4 is 0 Å². The van der Waals surface area contributed by atoms with Crippen LogP contribution in [0, 0.1) is 5.41 Å². The van der Waals surface area contributed by atoms with Crippen LogP contribution in [0.25, 0.3) is 0 Å². The number of amides is 1. The van der Waals surface area contributed by atoms with Crippen molar-refractivity contribution in [1.29, 1.82) is 0 Å². The molecule has 0 atom stereocenters. The van der Waals surface area contributed by atoms with Crippen molar-refractivity contribution in [3.05, 3.63) is 0 Å². The van der Waals surface area contributed by atoms with E-state index >= 15 is 0 Å². The maximum Gasteiger partial charge on any atom is 0.321 e. The van der Waals surface area contributed by atoms with E-state index in [1.54, 1.807) is 0 Å². The molecule has 1 amide bonds. The Morgan fingerprint density at radius 2 is 1.67 bits per heavy atom. The van der Waals surface area contributed by atoms with Crippen molar-refractivity contribution in [3.8, 4) is 0 Å². The van der Waals surface area contributed by atoms with Crippen molar-refractivity contribution in [2.75, 3.05) is 13.1 Å². The van der Waals surface area contributed by atoms with E-state index in [9.17, 15) is 9.59 Å². The van der Waals surface area contributed by atoms with Crippen LogP contribution >= 0.6 is 0 Å². The maximum absolute atomic E-state index is 12.6. The average molecular weight is 253 g/mol. The van der Waals surface area contributed by atoms with E-state index in [1.807, 2.05) is 18.7 Å². The van der Waals surface area contributed by atoms with Crippen LogP contribution in [-0.4, -0.2) is 36.0 Å². The van der Waals surface area contributed by atoms with Gasteiger partial charge in [0, 0.05) is 13.1 Å². The Bertz CT molecular complexity index is 328. The minimum atomic E-state index is -0.846. The largest absolute Gasteiger partial charge is 0.462 e. The van der Waals surface area contributed by atoms with Crippen molar-refractivity contribution in [2.45, 2.75) is 58.5 Å². The molecule has 0 unspecified atom stereocenters. The Hall–Kier alpha value is -1.06. The molecular formula is C14H23NO3. The maximum atomic E-state index is 12.6. The van der Waals surface area contributed by atoms with Gasteiger partial charge in [0.15, 0.2) is 0 Å². The lowest BCUT2D eigenvalue weighted by molar-refractivity contribution is -0.175. The quantitative estimate of drug-likeness (QED) is 0.571. The van der Waals surface area contributed by atoms with E-state index in [0.29, 0.717) is 12.8 Å². The number of nitrogens with zero attached hydrogens (tertiary/aromatic N) is 1. The number of rotatable bonds is 3. The normalized spacial score (nSPS) is 22.5. The number of esters is 1. The fraction of sp³-hybridized carbons (Fsp3) is 0.857. The Kier molecular flexibility index (Phi) is 3.93. The highest BCUT2D eigenvalue weighted by molar-refractivity contribution is 6.03. The van der Waals surface area contributed by atoms with Crippen molar-refractivity contribution in [3.63, 3.8) is 0 Å². The van der Waals surface area contributed by atoms with Crippen LogP contribution in [0.3, 0.4) is 0 Å². The van der Waals surface area contributed by atoms with Crippen LogP contribution in [0.2, 0.25) is 0 Å². The summed E-state index contributed by atoms with van der Waals surface area (Å²) in [6.45, 7) is 5.26. The van der Waals surface area contributed by atoms with Gasteiger partial charge >= 0.3 is 5.97 Å². The first-order valence-corrected chi connectivity index (χ1v) is 7.07. The molecule has 4 heteroatoms. The first kappa shape index (κ1) is 13.4. The predicted octanol–water partition coefficient (Wildman–Crippen LogP) is 2.12. The van der Waals surface area contributed by atoms with Gasteiger partial charge in [0.05, 0.1) is 6.10 Å². The molecule has 102 valence electrons. The summed E-state index contributed by atoms with van der Waals surface area (Å²) in [4.78, 5) is 26.6. The zero-order chi connectivity index (χ0) is 13.2. The molecule has 4 nitrogen and oxygen atoms in total. The lowest BCUT2D eigenvalue weighted by Gasteiger charge is -2.42. The molecule has 18 heavy (non-hydrogen) atoms. The smallest absolute Gasteiger partial charge is 0.321 e. The number of ether oxygens (including phenoxy) is 1. The van der Waals surface area contributed by atoms with E-state index in [1.165, 1.54) is 6.42 Å². The summed E-state index contributed by atoms with van der Waals surface area (Å²) >= 11 is 0. The second kappa shape index (κ2) is 5.29. The summed E-state index contributed by atoms with van der Waals surface area (Å²) in [5, 5.41) is 0. The SMILES string of the molecule is CC(C)OC(=O)C1(C(=O)N2CCCCC2)CCC1. The summed E-state index contributed by atoms with van der Waals surface area (Å²) in [7, 11) is 0. The molecule has 2 rings (SSSR count). The van der Waals surface area contributed by atoms with Crippen LogP contribution in [-0.2, 0) is 14.3 Å². The highest BCUT2D eigenvalue weighted by Gasteiger charge is 2.54. The minimum absolute atomic E-state index is 0.0131. The molecule has 1 saturated carbocycles. The van der Waals surface area contributed by atoms with Gasteiger partial charge in [0.25, 0.3) is 0 Å². The molecule has 0 aromatic carbocycles. The first-order valence-electron chi connectivity index (χ1n) is 7.07. The summed E-state index contributed by atoms with van der Waals surface area (Å²) < 4.78 is 5.28. The molecule has 0 radical (unpaired) electrons. The Balaban J connectivity index is 2.06. The summed E-state index contributed by atoms with van der Waals surface area (Å²) in [5.74, 6) is -0.293. The molecule has 2 fully saturated rings. The van der Waals surface area contributed by atoms with Gasteiger partial charge in [-0.3, -0.25) is 9.59 Å². The topological polar surface area (TPSA) is 46.6 Å². The summed E-state index contributed by atoms with van der Waals surface area (Å²) in [6, 6.07) is 0. The Morgan fingerprint density at radius 3 is 2.11 bits per heavy atom. The fourth-order valence-corrected chi connectivity index (χ4v) is 2.76. The lowest BCUT2D eigenvalue weighted by atomic mass is 9.67. The molecule has 0 N–H and O–H groups in total. The number of carbonyl (C=O) groups excluding carboxylic acids is 2. The van der Waals surface area contributed by atoms with Gasteiger partial charge in [-0.1, -0.05) is 6.42 Å². The van der Waals surface area contributed by atoms with Gasteiger partial charge in [0.2, 0.25) is 5.91 Å². The number of likely N-dealkylation sites (tertiary alicyclic amines) is 1. The highest BCUT2D eigenvalue weighted by atomic mass is 16.5. The number of carbonyl (C=O) groups is 2. The molecule has 2 aliphatic rings. The zero-order valence-corrected chi connectivity index (χ0v) is 11.4. The molecule has 1 saturated heterocycles. The summed E-state index contributed by atoms with van der Waals surface area (Å²) in [6.07, 6.45) is 5.42. The molecule has 0 aromatic heterocycles. The molecule has 1 heterocycles. The van der Waals surface area contributed by atoms with Gasteiger partial charge in [-0.2, -0.15) is 0 Å². The third-order valence-corrected chi connectivity index (χ3v) is 3.99. The second-order valence-corrected chi connectivity index (χ2v) is 5.74. The third kappa shape index (κ3) is 2.38. The Labute approximate surface area is 109 Å². The van der Waals surface area contributed by atoms with Crippen LogP contribution in [0.1, 0.15) is 52.4 Å². The third-order valence-electron chi connectivity index (χ3n) is 3.99. The van der Waals surface area contributed by atoms with E-state index in [0.717, 1.165) is 32.4 Å². The van der Waals surface area contributed by atoms with Crippen molar-refractivity contribution < 1.29 is 14.3 Å². The summed E-state index contributed by atoms with van der Waals surface area (Å²) in [5.41, 5.74) is -0.846. The molecular weight excluding hydrogens is 230 g/mol. The highest BCUT2D eigenvalue weighted by Crippen LogP contribution is 2.44. The van der Waals surface area contributed by atoms with Crippen molar-refractivity contribution in [1.82, 2.24) is 4.90 Å². The number of piperidine rings is 1. The minimum Gasteiger partial charge on any atom is -0.462 e. The monoisotopic (exact) mass is 253 g/mol. The predicted molar refractivity (Wildman–Crippen MR) is 67.9 cm³/mol. The van der Waals surface area contributed by atoms with E-state index in [-0.39, 0.29) is 18.0 Å². The molecule has 0 bridgehead atoms. The van der Waals surface area contributed by atoms with Gasteiger partial charge in [-0.05, 0) is 46.0 Å². The van der Waals surface area contributed by atoms with E-state index in [2.05, 4.69) is 0 Å². The van der Waals surface area contributed by atoms with Gasteiger partial charge in [-0.25, -0.2) is 0 Å². The average Bonchev–Trinajstić information content (AvgIpc) is 2.27. The van der Waals surface area contributed by atoms with E-state index in [4.69, 9.17) is 4.74 Å². The molecule has 1 aliphatic carbocycles. The van der Waals surface area contributed by atoms with Gasteiger partial charge < -0.3 is 9.64 Å². The van der Waals surface area contributed by atoms with Gasteiger partial charge in [-0.15, -0.1) is 0 Å². The van der Waals surface area contributed by atoms with Crippen LogP contribution in [0.5, 0.6) is 0 Å². The van der Waals surface area contributed by atoms with Crippen LogP contribution in [0.4, 0.5) is 0 Å². The van der Waals surface area contributed by atoms with Crippen molar-refractivity contribution in [2.24, 2.45) is 5.41 Å². The molecule has 1 aliphatic heterocycles. The number of hydrogen-bond acceptors (Lipinski definition) is 3. The standard InChI is InChI=1S/C14H23NO3/c1-11(2)18-13(17)14(7-6-8-14)12(16)15-9-4-3-5-10-15/h11H,3-10H2,1-2H3. The Morgan fingerprint density at radius 1 is 1.06 bits per heavy atom. The van der Waals surface area contributed by atoms with Gasteiger partial charge in [0.1, 0.15) is 5.41 Å². The molecule has 0 spiro atoms. The number of hydrogen-bond donors (Lipinski definition) is 0. The second-order valence-electron chi connectivity index (χ2n) is 5.74. The lowest BCUT2D eigenvalue weighted by Crippen LogP contribution is -2.54. The fourth-order valence-electron chi connectivity index (χ4n) is 2.76.